The molecule has 3 N–H and O–H groups in total. The number of amides is 3. The number of nitrogens with two attached hydrogens (primary N) is 1. The molecule has 0 radical (unpaired) electrons. The number of benzene rings is 1. The van der Waals surface area contributed by atoms with E-state index < -0.39 is 17.7 Å². The third kappa shape index (κ3) is 5.84. The molecule has 1 atom stereocenters. The fraction of sp³-hybridized carbons (Fsp3) is 0.471. The summed E-state index contributed by atoms with van der Waals surface area (Å²) < 4.78 is 5.11. The second kappa shape index (κ2) is 10.4. The van der Waals surface area contributed by atoms with Crippen LogP contribution in [-0.4, -0.2) is 47.2 Å². The minimum absolute atomic E-state index is 0.157. The number of hydroxylamine groups is 2. The van der Waals surface area contributed by atoms with Crippen molar-refractivity contribution in [2.24, 2.45) is 11.8 Å². The third-order valence-electron chi connectivity index (χ3n) is 3.83. The summed E-state index contributed by atoms with van der Waals surface area (Å²) in [7, 11) is 1.41. The van der Waals surface area contributed by atoms with Crippen LogP contribution in [0.4, 0.5) is 0 Å². The fourth-order valence-electron chi connectivity index (χ4n) is 2.45. The van der Waals surface area contributed by atoms with Gasteiger partial charge in [-0.05, 0) is 18.6 Å². The number of hydrazine groups is 1. The lowest BCUT2D eigenvalue weighted by Gasteiger charge is -2.24. The molecule has 0 saturated carbocycles. The van der Waals surface area contributed by atoms with Gasteiger partial charge in [0.25, 0.3) is 5.91 Å². The first-order valence-electron chi connectivity index (χ1n) is 8.13. The van der Waals surface area contributed by atoms with Crippen LogP contribution >= 0.6 is 0 Å². The molecule has 0 heterocycles. The number of imide groups is 1. The second-order valence-corrected chi connectivity index (χ2v) is 5.63. The van der Waals surface area contributed by atoms with Gasteiger partial charge >= 0.3 is 0 Å². The number of carbonyl (C=O) groups is 3. The highest BCUT2D eigenvalue weighted by Crippen LogP contribution is 2.20. The molecule has 0 fully saturated rings. The van der Waals surface area contributed by atoms with Gasteiger partial charge in [0.05, 0.1) is 25.1 Å². The number of carbonyl (C=O) groups excluding carboxylic acids is 3. The maximum Gasteiger partial charge on any atom is 0.278 e. The number of methoxy groups -OCH3 is 1. The van der Waals surface area contributed by atoms with Gasteiger partial charge in [-0.15, -0.1) is 0 Å². The topological polar surface area (TPSA) is 113 Å². The Morgan fingerprint density at radius 1 is 1.32 bits per heavy atom. The highest BCUT2D eigenvalue weighted by atomic mass is 16.5. The van der Waals surface area contributed by atoms with Crippen molar-refractivity contribution in [3.63, 3.8) is 0 Å². The summed E-state index contributed by atoms with van der Waals surface area (Å²) in [5.41, 5.74) is 0.157. The molecule has 0 unspecified atom stereocenters. The number of unbranched alkanes of at least 4 members (excludes halogenated alkanes) is 2. The third-order valence-corrected chi connectivity index (χ3v) is 3.83. The fourth-order valence-corrected chi connectivity index (χ4v) is 2.45. The van der Waals surface area contributed by atoms with E-state index in [1.807, 2.05) is 6.92 Å². The highest BCUT2D eigenvalue weighted by molar-refractivity contribution is 6.06. The minimum Gasteiger partial charge on any atom is -0.496 e. The van der Waals surface area contributed by atoms with E-state index in [1.165, 1.54) is 13.2 Å². The highest BCUT2D eigenvalue weighted by Gasteiger charge is 2.29. The van der Waals surface area contributed by atoms with Crippen LogP contribution in [0.2, 0.25) is 0 Å². The van der Waals surface area contributed by atoms with E-state index in [-0.39, 0.29) is 18.5 Å². The van der Waals surface area contributed by atoms with Gasteiger partial charge < -0.3 is 4.74 Å². The molecular formula is C17H25N3O5. The Balaban J connectivity index is 2.93. The molecule has 8 heteroatoms. The molecule has 0 aliphatic carbocycles. The molecule has 8 nitrogen and oxygen atoms in total. The van der Waals surface area contributed by atoms with Crippen LogP contribution in [0.25, 0.3) is 0 Å². The van der Waals surface area contributed by atoms with Gasteiger partial charge in [-0.2, -0.15) is 0 Å². The summed E-state index contributed by atoms with van der Waals surface area (Å²) in [6, 6.07) is 6.42. The van der Waals surface area contributed by atoms with Crippen LogP contribution in [-0.2, 0) is 9.59 Å². The second-order valence-electron chi connectivity index (χ2n) is 5.63. The van der Waals surface area contributed by atoms with Gasteiger partial charge in [0.15, 0.2) is 0 Å². The van der Waals surface area contributed by atoms with Crippen LogP contribution in [0.15, 0.2) is 24.3 Å². The zero-order valence-corrected chi connectivity index (χ0v) is 14.6. The Morgan fingerprint density at radius 2 is 2.00 bits per heavy atom. The molecule has 138 valence electrons. The van der Waals surface area contributed by atoms with E-state index in [1.54, 1.807) is 18.2 Å². The van der Waals surface area contributed by atoms with Crippen molar-refractivity contribution in [2.45, 2.75) is 32.6 Å². The average Bonchev–Trinajstić information content (AvgIpc) is 2.65. The summed E-state index contributed by atoms with van der Waals surface area (Å²) in [6.45, 7) is 1.79. The summed E-state index contributed by atoms with van der Waals surface area (Å²) >= 11 is 0. The molecule has 0 aliphatic rings. The molecular weight excluding hydrogens is 326 g/mol. The van der Waals surface area contributed by atoms with Crippen molar-refractivity contribution >= 4 is 18.2 Å². The predicted molar refractivity (Wildman–Crippen MR) is 90.5 cm³/mol. The minimum atomic E-state index is -0.773. The Labute approximate surface area is 147 Å². The number of ether oxygens (including phenoxy) is 1. The van der Waals surface area contributed by atoms with Gasteiger partial charge in [-0.1, -0.05) is 38.3 Å². The summed E-state index contributed by atoms with van der Waals surface area (Å²) in [5.74, 6) is 3.89. The summed E-state index contributed by atoms with van der Waals surface area (Å²) in [5, 5.41) is 10.3. The smallest absolute Gasteiger partial charge is 0.278 e. The lowest BCUT2D eigenvalue weighted by molar-refractivity contribution is -0.156. The molecule has 1 aromatic rings. The SMILES string of the molecule is CCCCC[C@H](CN(O)C=O)C(=O)N(N)C(=O)c1ccccc1OC. The molecule has 0 saturated heterocycles. The first-order chi connectivity index (χ1) is 12.0. The zero-order valence-electron chi connectivity index (χ0n) is 14.6. The molecule has 1 aromatic carbocycles. The van der Waals surface area contributed by atoms with Crippen molar-refractivity contribution in [2.75, 3.05) is 13.7 Å². The van der Waals surface area contributed by atoms with E-state index in [4.69, 9.17) is 10.6 Å². The summed E-state index contributed by atoms with van der Waals surface area (Å²) in [4.78, 5) is 35.7. The largest absolute Gasteiger partial charge is 0.496 e. The van der Waals surface area contributed by atoms with E-state index >= 15 is 0 Å². The van der Waals surface area contributed by atoms with Crippen molar-refractivity contribution in [3.05, 3.63) is 29.8 Å². The maximum absolute atomic E-state index is 12.6. The predicted octanol–water partition coefficient (Wildman–Crippen LogP) is 1.58. The average molecular weight is 351 g/mol. The van der Waals surface area contributed by atoms with Crippen molar-refractivity contribution < 1.29 is 24.3 Å². The van der Waals surface area contributed by atoms with E-state index in [0.717, 1.165) is 19.3 Å². The molecule has 1 rings (SSSR count). The number of hydrogen-bond donors (Lipinski definition) is 2. The van der Waals surface area contributed by atoms with Gasteiger partial charge in [-0.3, -0.25) is 19.6 Å². The monoisotopic (exact) mass is 351 g/mol. The quantitative estimate of drug-likeness (QED) is 0.165. The number of para-hydroxylation sites is 1. The molecule has 0 aliphatic heterocycles. The zero-order chi connectivity index (χ0) is 18.8. The van der Waals surface area contributed by atoms with Crippen molar-refractivity contribution in [1.29, 1.82) is 0 Å². The Hall–Kier alpha value is -2.45. The maximum atomic E-state index is 12.6. The molecule has 0 bridgehead atoms. The first kappa shape index (κ1) is 20.6. The van der Waals surface area contributed by atoms with Crippen LogP contribution in [0, 0.1) is 5.92 Å². The van der Waals surface area contributed by atoms with Crippen molar-refractivity contribution in [1.82, 2.24) is 10.1 Å². The molecule has 3 amide bonds. The number of nitrogens with zero attached hydrogens (tertiary/aromatic N) is 2. The first-order valence-corrected chi connectivity index (χ1v) is 8.13. The Bertz CT molecular complexity index is 593. The lowest BCUT2D eigenvalue weighted by Crippen LogP contribution is -2.48. The van der Waals surface area contributed by atoms with Crippen molar-refractivity contribution in [3.8, 4) is 5.75 Å². The summed E-state index contributed by atoms with van der Waals surface area (Å²) in [6.07, 6.45) is 3.18. The normalized spacial score (nSPS) is 11.5. The molecule has 0 spiro atoms. The lowest BCUT2D eigenvalue weighted by atomic mass is 9.99. The molecule has 25 heavy (non-hydrogen) atoms. The van der Waals surface area contributed by atoms with E-state index in [2.05, 4.69) is 0 Å². The Kier molecular flexibility index (Phi) is 8.59. The van der Waals surface area contributed by atoms with Crippen LogP contribution in [0.5, 0.6) is 5.75 Å². The van der Waals surface area contributed by atoms with Crippen LogP contribution in [0.3, 0.4) is 0 Å². The van der Waals surface area contributed by atoms with Gasteiger partial charge in [0.2, 0.25) is 12.3 Å². The van der Waals surface area contributed by atoms with E-state index in [0.29, 0.717) is 22.2 Å². The van der Waals surface area contributed by atoms with Gasteiger partial charge in [0, 0.05) is 0 Å². The van der Waals surface area contributed by atoms with E-state index in [9.17, 15) is 19.6 Å². The van der Waals surface area contributed by atoms with Crippen LogP contribution in [0.1, 0.15) is 43.0 Å². The van der Waals surface area contributed by atoms with Gasteiger partial charge in [-0.25, -0.2) is 15.9 Å². The van der Waals surface area contributed by atoms with Crippen LogP contribution < -0.4 is 10.6 Å². The van der Waals surface area contributed by atoms with Gasteiger partial charge in [0.1, 0.15) is 5.75 Å². The molecule has 0 aromatic heterocycles. The Morgan fingerprint density at radius 3 is 2.60 bits per heavy atom. The number of rotatable bonds is 10. The number of hydrogen-bond acceptors (Lipinski definition) is 6. The standard InChI is InChI=1S/C17H25N3O5/c1-3-4-5-8-13(11-19(24)12-21)16(22)20(18)17(23)14-9-6-7-10-15(14)25-2/h6-7,9-10,12-13,24H,3-5,8,11,18H2,1-2H3/t13-/m1/s1.